The maximum Gasteiger partial charge on any atom is 0.0622 e. The highest BCUT2D eigenvalue weighted by Crippen LogP contribution is 2.46. The fourth-order valence-corrected chi connectivity index (χ4v) is 8.05. The number of aromatic nitrogens is 1. The smallest absolute Gasteiger partial charge is 0.0622 e. The highest BCUT2D eigenvalue weighted by Gasteiger charge is 2.22. The lowest BCUT2D eigenvalue weighted by Crippen LogP contribution is -1.97. The molecule has 1 nitrogen and oxygen atoms in total. The predicted molar refractivity (Wildman–Crippen MR) is 178 cm³/mol. The quantitative estimate of drug-likeness (QED) is 0.161. The Labute approximate surface area is 241 Å². The number of fused-ring (bicyclic) bond motifs is 9. The van der Waals surface area contributed by atoms with Gasteiger partial charge in [-0.3, -0.25) is 0 Å². The first-order valence-electron chi connectivity index (χ1n) is 15.2. The molecule has 2 heteroatoms. The van der Waals surface area contributed by atoms with E-state index in [1.54, 1.807) is 0 Å². The van der Waals surface area contributed by atoms with Gasteiger partial charge in [0.15, 0.2) is 0 Å². The summed E-state index contributed by atoms with van der Waals surface area (Å²) in [5.74, 6) is 0. The minimum Gasteiger partial charge on any atom is -0.309 e. The molecular weight excluding hydrogens is 502 g/mol. The van der Waals surface area contributed by atoms with Crippen LogP contribution in [0.2, 0.25) is 0 Å². The second kappa shape index (κ2) is 10.7. The summed E-state index contributed by atoms with van der Waals surface area (Å²) in [7, 11) is 0. The Morgan fingerprint density at radius 1 is 0.575 bits per heavy atom. The average Bonchev–Trinajstić information content (AvgIpc) is 3.56. The SMILES string of the molecule is CCCCCc1cc2c(cc(CCCCC)c3c4ccccc4n(-c4ccccc4)c23)c2sc3ccccc3c12. The van der Waals surface area contributed by atoms with Gasteiger partial charge in [-0.25, -0.2) is 0 Å². The third-order valence-electron chi connectivity index (χ3n) is 8.65. The normalized spacial score (nSPS) is 12.1. The van der Waals surface area contributed by atoms with E-state index in [2.05, 4.69) is 109 Å². The number of hydrogen-bond donors (Lipinski definition) is 0. The van der Waals surface area contributed by atoms with Crippen molar-refractivity contribution >= 4 is 64.1 Å². The highest BCUT2D eigenvalue weighted by molar-refractivity contribution is 7.26. The molecule has 0 aliphatic carbocycles. The second-order valence-electron chi connectivity index (χ2n) is 11.3. The number of unbranched alkanes of at least 4 members (excludes halogenated alkanes) is 4. The zero-order valence-corrected chi connectivity index (χ0v) is 24.5. The Kier molecular flexibility index (Phi) is 6.81. The van der Waals surface area contributed by atoms with Gasteiger partial charge >= 0.3 is 0 Å². The van der Waals surface area contributed by atoms with Crippen molar-refractivity contribution in [3.8, 4) is 5.69 Å². The van der Waals surface area contributed by atoms with Gasteiger partial charge in [-0.05, 0) is 73.2 Å². The van der Waals surface area contributed by atoms with Crippen LogP contribution in [0.5, 0.6) is 0 Å². The monoisotopic (exact) mass is 539 g/mol. The van der Waals surface area contributed by atoms with Crippen molar-refractivity contribution in [2.75, 3.05) is 0 Å². The summed E-state index contributed by atoms with van der Waals surface area (Å²) in [6, 6.07) is 34.2. The van der Waals surface area contributed by atoms with Crippen LogP contribution in [-0.4, -0.2) is 4.57 Å². The lowest BCUT2D eigenvalue weighted by atomic mass is 9.92. The third-order valence-corrected chi connectivity index (χ3v) is 9.86. The summed E-state index contributed by atoms with van der Waals surface area (Å²) in [5.41, 5.74) is 6.94. The van der Waals surface area contributed by atoms with Crippen LogP contribution in [0.25, 0.3) is 58.4 Å². The Morgan fingerprint density at radius 2 is 1.20 bits per heavy atom. The van der Waals surface area contributed by atoms with Gasteiger partial charge in [-0.15, -0.1) is 11.3 Å². The van der Waals surface area contributed by atoms with Crippen molar-refractivity contribution in [1.82, 2.24) is 4.57 Å². The number of aryl methyl sites for hydroxylation is 2. The number of rotatable bonds is 9. The maximum atomic E-state index is 2.57. The van der Waals surface area contributed by atoms with E-state index in [1.165, 1.54) is 108 Å². The molecule has 2 heterocycles. The molecule has 2 aromatic heterocycles. The first kappa shape index (κ1) is 25.4. The van der Waals surface area contributed by atoms with Crippen molar-refractivity contribution in [2.45, 2.75) is 65.2 Å². The standard InChI is InChI=1S/C38H37NS/c1-3-5-8-16-26-25-32-31(24-27(17-9-6-4-2)36-30-21-13-15-23-34(30)40-38(32)36)37-35(26)29-20-12-14-22-33(29)39(37)28-18-10-7-11-19-28/h7,10-15,18-25H,3-6,8-9,16-17H2,1-2H3. The number of benzene rings is 5. The zero-order chi connectivity index (χ0) is 27.1. The van der Waals surface area contributed by atoms with Crippen LogP contribution < -0.4 is 0 Å². The Balaban J connectivity index is 1.67. The van der Waals surface area contributed by atoms with Gasteiger partial charge in [0.1, 0.15) is 0 Å². The van der Waals surface area contributed by atoms with Crippen LogP contribution >= 0.6 is 11.3 Å². The van der Waals surface area contributed by atoms with E-state index in [9.17, 15) is 0 Å². The van der Waals surface area contributed by atoms with Crippen LogP contribution in [0, 0.1) is 0 Å². The van der Waals surface area contributed by atoms with Gasteiger partial charge in [-0.1, -0.05) is 94.1 Å². The predicted octanol–water partition coefficient (Wildman–Crippen LogP) is 11.8. The molecule has 40 heavy (non-hydrogen) atoms. The van der Waals surface area contributed by atoms with E-state index >= 15 is 0 Å². The molecule has 0 saturated carbocycles. The fourth-order valence-electron chi connectivity index (χ4n) is 6.78. The van der Waals surface area contributed by atoms with E-state index in [0.717, 1.165) is 12.8 Å². The van der Waals surface area contributed by atoms with Gasteiger partial charge < -0.3 is 4.57 Å². The molecule has 0 radical (unpaired) electrons. The van der Waals surface area contributed by atoms with E-state index in [4.69, 9.17) is 0 Å². The second-order valence-corrected chi connectivity index (χ2v) is 12.3. The molecule has 0 spiro atoms. The third kappa shape index (κ3) is 4.12. The molecule has 7 rings (SSSR count). The highest BCUT2D eigenvalue weighted by atomic mass is 32.1. The van der Waals surface area contributed by atoms with Gasteiger partial charge in [0.05, 0.1) is 11.0 Å². The number of para-hydroxylation sites is 2. The summed E-state index contributed by atoms with van der Waals surface area (Å²) >= 11 is 1.99. The van der Waals surface area contributed by atoms with E-state index < -0.39 is 0 Å². The summed E-state index contributed by atoms with van der Waals surface area (Å²) in [5, 5.41) is 8.56. The summed E-state index contributed by atoms with van der Waals surface area (Å²) in [4.78, 5) is 0. The van der Waals surface area contributed by atoms with E-state index in [1.807, 2.05) is 11.3 Å². The average molecular weight is 540 g/mol. The molecule has 0 unspecified atom stereocenters. The van der Waals surface area contributed by atoms with Crippen molar-refractivity contribution in [3.63, 3.8) is 0 Å². The van der Waals surface area contributed by atoms with Gasteiger partial charge in [0.2, 0.25) is 0 Å². The van der Waals surface area contributed by atoms with Crippen LogP contribution in [0.3, 0.4) is 0 Å². The molecule has 200 valence electrons. The summed E-state index contributed by atoms with van der Waals surface area (Å²) < 4.78 is 5.41. The van der Waals surface area contributed by atoms with Crippen molar-refractivity contribution in [1.29, 1.82) is 0 Å². The zero-order valence-electron chi connectivity index (χ0n) is 23.7. The van der Waals surface area contributed by atoms with Crippen molar-refractivity contribution < 1.29 is 0 Å². The number of hydrogen-bond acceptors (Lipinski definition) is 1. The fraction of sp³-hybridized carbons (Fsp3) is 0.263. The molecule has 7 aromatic rings. The molecule has 5 aromatic carbocycles. The maximum absolute atomic E-state index is 2.57. The number of nitrogens with zero attached hydrogens (tertiary/aromatic N) is 1. The van der Waals surface area contributed by atoms with Gasteiger partial charge in [-0.2, -0.15) is 0 Å². The van der Waals surface area contributed by atoms with Crippen LogP contribution in [-0.2, 0) is 12.8 Å². The molecule has 0 aliphatic rings. The minimum atomic E-state index is 1.12. The Bertz CT molecular complexity index is 1970. The Hall–Kier alpha value is -3.62. The first-order valence-corrected chi connectivity index (χ1v) is 16.0. The number of thiophene rings is 1. The van der Waals surface area contributed by atoms with Gasteiger partial charge in [0.25, 0.3) is 0 Å². The van der Waals surface area contributed by atoms with Crippen LogP contribution in [0.1, 0.15) is 63.5 Å². The van der Waals surface area contributed by atoms with E-state index in [-0.39, 0.29) is 0 Å². The molecule has 0 atom stereocenters. The Morgan fingerprint density at radius 3 is 1.95 bits per heavy atom. The molecule has 0 N–H and O–H groups in total. The molecule has 0 aliphatic heterocycles. The van der Waals surface area contributed by atoms with E-state index in [0.29, 0.717) is 0 Å². The van der Waals surface area contributed by atoms with Crippen LogP contribution in [0.15, 0.2) is 91.0 Å². The minimum absolute atomic E-state index is 1.12. The molecule has 0 amide bonds. The molecular formula is C38H37NS. The van der Waals surface area contributed by atoms with Crippen molar-refractivity contribution in [3.05, 3.63) is 102 Å². The molecule has 0 fully saturated rings. The van der Waals surface area contributed by atoms with Crippen molar-refractivity contribution in [2.24, 2.45) is 0 Å². The largest absolute Gasteiger partial charge is 0.309 e. The van der Waals surface area contributed by atoms with Gasteiger partial charge in [0, 0.05) is 47.4 Å². The molecule has 0 bridgehead atoms. The lowest BCUT2D eigenvalue weighted by molar-refractivity contribution is 0.720. The topological polar surface area (TPSA) is 4.93 Å². The van der Waals surface area contributed by atoms with Crippen LogP contribution in [0.4, 0.5) is 0 Å². The lowest BCUT2D eigenvalue weighted by Gasteiger charge is -2.15. The summed E-state index contributed by atoms with van der Waals surface area (Å²) in [6.45, 7) is 4.61. The first-order chi connectivity index (χ1) is 19.8. The summed E-state index contributed by atoms with van der Waals surface area (Å²) in [6.07, 6.45) is 9.75. The molecule has 0 saturated heterocycles.